The molecule has 2 heterocycles. The third-order valence-electron chi connectivity index (χ3n) is 4.94. The van der Waals surface area contributed by atoms with Gasteiger partial charge in [-0.1, -0.05) is 12.1 Å². The van der Waals surface area contributed by atoms with Crippen molar-refractivity contribution in [1.82, 2.24) is 9.88 Å². The SMILES string of the molecule is COCCCC1CCCCN1C(=O)c1ccc(-c2ncccc2F)cc1. The van der Waals surface area contributed by atoms with Crippen LogP contribution in [0.5, 0.6) is 0 Å². The molecule has 1 unspecified atom stereocenters. The maximum atomic E-state index is 13.9. The second-order valence-corrected chi connectivity index (χ2v) is 6.69. The number of likely N-dealkylation sites (tertiary alicyclic amines) is 1. The topological polar surface area (TPSA) is 42.4 Å². The second-order valence-electron chi connectivity index (χ2n) is 6.69. The Labute approximate surface area is 154 Å². The van der Waals surface area contributed by atoms with Crippen LogP contribution in [0.15, 0.2) is 42.6 Å². The Kier molecular flexibility index (Phi) is 6.34. The largest absolute Gasteiger partial charge is 0.385 e. The average Bonchev–Trinajstić information content (AvgIpc) is 2.69. The van der Waals surface area contributed by atoms with Crippen molar-refractivity contribution in [3.05, 3.63) is 54.0 Å². The maximum Gasteiger partial charge on any atom is 0.254 e. The quantitative estimate of drug-likeness (QED) is 0.725. The number of nitrogens with zero attached hydrogens (tertiary/aromatic N) is 2. The highest BCUT2D eigenvalue weighted by atomic mass is 19.1. The van der Waals surface area contributed by atoms with Crippen molar-refractivity contribution in [3.63, 3.8) is 0 Å². The maximum absolute atomic E-state index is 13.9. The summed E-state index contributed by atoms with van der Waals surface area (Å²) in [4.78, 5) is 19.0. The van der Waals surface area contributed by atoms with Gasteiger partial charge >= 0.3 is 0 Å². The van der Waals surface area contributed by atoms with Gasteiger partial charge in [0.05, 0.1) is 0 Å². The molecule has 0 N–H and O–H groups in total. The first-order valence-electron chi connectivity index (χ1n) is 9.21. The molecule has 138 valence electrons. The van der Waals surface area contributed by atoms with Crippen LogP contribution in [-0.2, 0) is 4.74 Å². The molecule has 1 atom stereocenters. The second kappa shape index (κ2) is 8.90. The summed E-state index contributed by atoms with van der Waals surface area (Å²) in [7, 11) is 1.70. The number of pyridine rings is 1. The molecule has 3 rings (SSSR count). The van der Waals surface area contributed by atoms with Crippen LogP contribution in [0, 0.1) is 5.82 Å². The Hall–Kier alpha value is -2.27. The lowest BCUT2D eigenvalue weighted by molar-refractivity contribution is 0.0585. The molecule has 1 saturated heterocycles. The van der Waals surface area contributed by atoms with Crippen molar-refractivity contribution < 1.29 is 13.9 Å². The molecule has 1 aromatic carbocycles. The van der Waals surface area contributed by atoms with Gasteiger partial charge in [-0.05, 0) is 56.4 Å². The first kappa shape index (κ1) is 18.5. The Bertz CT molecular complexity index is 733. The summed E-state index contributed by atoms with van der Waals surface area (Å²) >= 11 is 0. The molecular weight excluding hydrogens is 331 g/mol. The van der Waals surface area contributed by atoms with Crippen LogP contribution in [0.3, 0.4) is 0 Å². The molecule has 5 heteroatoms. The van der Waals surface area contributed by atoms with Crippen LogP contribution < -0.4 is 0 Å². The predicted molar refractivity (Wildman–Crippen MR) is 99.4 cm³/mol. The molecule has 26 heavy (non-hydrogen) atoms. The van der Waals surface area contributed by atoms with Crippen LogP contribution in [-0.4, -0.2) is 42.1 Å². The first-order chi connectivity index (χ1) is 12.7. The first-order valence-corrected chi connectivity index (χ1v) is 9.21. The lowest BCUT2D eigenvalue weighted by atomic mass is 9.96. The number of carbonyl (C=O) groups is 1. The molecule has 1 aliphatic rings. The van der Waals surface area contributed by atoms with Gasteiger partial charge in [-0.2, -0.15) is 0 Å². The minimum Gasteiger partial charge on any atom is -0.385 e. The minimum atomic E-state index is -0.360. The normalized spacial score (nSPS) is 17.3. The number of amides is 1. The van der Waals surface area contributed by atoms with E-state index in [-0.39, 0.29) is 17.8 Å². The van der Waals surface area contributed by atoms with Crippen LogP contribution in [0.1, 0.15) is 42.5 Å². The van der Waals surface area contributed by atoms with E-state index in [1.165, 1.54) is 12.5 Å². The van der Waals surface area contributed by atoms with E-state index >= 15 is 0 Å². The molecule has 1 aromatic heterocycles. The Morgan fingerprint density at radius 3 is 2.81 bits per heavy atom. The summed E-state index contributed by atoms with van der Waals surface area (Å²) in [6, 6.07) is 10.3. The predicted octanol–water partition coefficient (Wildman–Crippen LogP) is 4.31. The van der Waals surface area contributed by atoms with Gasteiger partial charge in [-0.25, -0.2) is 4.39 Å². The van der Waals surface area contributed by atoms with E-state index in [2.05, 4.69) is 4.98 Å². The third kappa shape index (κ3) is 4.28. The molecule has 0 bridgehead atoms. The van der Waals surface area contributed by atoms with E-state index in [1.807, 2.05) is 4.90 Å². The molecule has 0 saturated carbocycles. The third-order valence-corrected chi connectivity index (χ3v) is 4.94. The van der Waals surface area contributed by atoms with Gasteiger partial charge in [0.1, 0.15) is 11.5 Å². The van der Waals surface area contributed by atoms with Gasteiger partial charge in [-0.3, -0.25) is 9.78 Å². The van der Waals surface area contributed by atoms with E-state index in [9.17, 15) is 9.18 Å². The van der Waals surface area contributed by atoms with E-state index in [0.717, 1.165) is 38.8 Å². The molecule has 1 aliphatic heterocycles. The fourth-order valence-electron chi connectivity index (χ4n) is 3.57. The zero-order valence-corrected chi connectivity index (χ0v) is 15.2. The van der Waals surface area contributed by atoms with Gasteiger partial charge in [0.2, 0.25) is 0 Å². The smallest absolute Gasteiger partial charge is 0.254 e. The summed E-state index contributed by atoms with van der Waals surface area (Å²) in [5.41, 5.74) is 1.63. The van der Waals surface area contributed by atoms with E-state index in [1.54, 1.807) is 43.6 Å². The van der Waals surface area contributed by atoms with E-state index in [4.69, 9.17) is 4.74 Å². The van der Waals surface area contributed by atoms with Crippen LogP contribution in [0.4, 0.5) is 4.39 Å². The zero-order valence-electron chi connectivity index (χ0n) is 15.2. The number of benzene rings is 1. The summed E-state index contributed by atoms with van der Waals surface area (Å²) in [5, 5.41) is 0. The monoisotopic (exact) mass is 356 g/mol. The minimum absolute atomic E-state index is 0.0557. The van der Waals surface area contributed by atoms with Crippen LogP contribution in [0.2, 0.25) is 0 Å². The average molecular weight is 356 g/mol. The Morgan fingerprint density at radius 2 is 2.08 bits per heavy atom. The fraction of sp³-hybridized carbons (Fsp3) is 0.429. The summed E-state index contributed by atoms with van der Waals surface area (Å²) in [5.74, 6) is -0.305. The fourth-order valence-corrected chi connectivity index (χ4v) is 3.57. The lowest BCUT2D eigenvalue weighted by Crippen LogP contribution is -2.43. The van der Waals surface area contributed by atoms with Crippen molar-refractivity contribution in [3.8, 4) is 11.3 Å². The summed E-state index contributed by atoms with van der Waals surface area (Å²) in [6.07, 6.45) is 6.76. The van der Waals surface area contributed by atoms with Crippen molar-refractivity contribution >= 4 is 5.91 Å². The Morgan fingerprint density at radius 1 is 1.27 bits per heavy atom. The molecule has 0 radical (unpaired) electrons. The van der Waals surface area contributed by atoms with Crippen molar-refractivity contribution in [2.75, 3.05) is 20.3 Å². The molecule has 2 aromatic rings. The number of hydrogen-bond acceptors (Lipinski definition) is 3. The highest BCUT2D eigenvalue weighted by molar-refractivity contribution is 5.95. The van der Waals surface area contributed by atoms with Gasteiger partial charge in [-0.15, -0.1) is 0 Å². The number of aromatic nitrogens is 1. The lowest BCUT2D eigenvalue weighted by Gasteiger charge is -2.36. The standard InChI is InChI=1S/C21H25FN2O2/c1-26-15-5-7-18-6-2-3-14-24(18)21(25)17-11-9-16(10-12-17)20-19(22)8-4-13-23-20/h4,8-13,18H,2-3,5-7,14-15H2,1H3. The molecule has 1 fully saturated rings. The molecule has 4 nitrogen and oxygen atoms in total. The zero-order chi connectivity index (χ0) is 18.4. The number of ether oxygens (including phenoxy) is 1. The van der Waals surface area contributed by atoms with Crippen LogP contribution in [0.25, 0.3) is 11.3 Å². The van der Waals surface area contributed by atoms with Crippen LogP contribution >= 0.6 is 0 Å². The number of hydrogen-bond donors (Lipinski definition) is 0. The number of piperidine rings is 1. The number of carbonyl (C=O) groups excluding carboxylic acids is 1. The summed E-state index contributed by atoms with van der Waals surface area (Å²) < 4.78 is 19.0. The Balaban J connectivity index is 1.73. The van der Waals surface area contributed by atoms with Gasteiger partial charge in [0.15, 0.2) is 0 Å². The van der Waals surface area contributed by atoms with Crippen molar-refractivity contribution in [2.24, 2.45) is 0 Å². The number of halogens is 1. The number of rotatable bonds is 6. The van der Waals surface area contributed by atoms with E-state index in [0.29, 0.717) is 16.8 Å². The van der Waals surface area contributed by atoms with Gasteiger partial charge < -0.3 is 9.64 Å². The summed E-state index contributed by atoms with van der Waals surface area (Å²) in [6.45, 7) is 1.52. The van der Waals surface area contributed by atoms with Gasteiger partial charge in [0, 0.05) is 43.6 Å². The highest BCUT2D eigenvalue weighted by Crippen LogP contribution is 2.25. The van der Waals surface area contributed by atoms with E-state index < -0.39 is 0 Å². The van der Waals surface area contributed by atoms with Crippen molar-refractivity contribution in [2.45, 2.75) is 38.1 Å². The number of methoxy groups -OCH3 is 1. The molecule has 0 spiro atoms. The molecule has 0 aliphatic carbocycles. The van der Waals surface area contributed by atoms with Crippen molar-refractivity contribution in [1.29, 1.82) is 0 Å². The van der Waals surface area contributed by atoms with Gasteiger partial charge in [0.25, 0.3) is 5.91 Å². The molecule has 1 amide bonds. The molecular formula is C21H25FN2O2. The highest BCUT2D eigenvalue weighted by Gasteiger charge is 2.27.